The van der Waals surface area contributed by atoms with Gasteiger partial charge in [-0.05, 0) is 60.9 Å². The van der Waals surface area contributed by atoms with Crippen LogP contribution in [0.2, 0.25) is 0 Å². The molecule has 0 saturated heterocycles. The number of halogens is 1. The normalized spacial score (nSPS) is 14.5. The van der Waals surface area contributed by atoms with E-state index in [-0.39, 0.29) is 23.3 Å². The Hall–Kier alpha value is -3.71. The van der Waals surface area contributed by atoms with Crippen LogP contribution in [0.25, 0.3) is 6.08 Å². The second kappa shape index (κ2) is 9.83. The van der Waals surface area contributed by atoms with Gasteiger partial charge >= 0.3 is 0 Å². The molecule has 0 unspecified atom stereocenters. The molecule has 1 aliphatic heterocycles. The SMILES string of the molecule is Cc1cccc(C)c1NC(=O)CSC1=N/C(=C/c2ccccc2)C(=O)N1c1ccc(F)cc1. The molecule has 5 nitrogen and oxygen atoms in total. The summed E-state index contributed by atoms with van der Waals surface area (Å²) >= 11 is 1.16. The van der Waals surface area contributed by atoms with E-state index in [0.717, 1.165) is 34.1 Å². The highest BCUT2D eigenvalue weighted by molar-refractivity contribution is 8.14. The van der Waals surface area contributed by atoms with Crippen LogP contribution >= 0.6 is 11.8 Å². The molecule has 0 aromatic heterocycles. The Labute approximate surface area is 196 Å². The fourth-order valence-electron chi connectivity index (χ4n) is 3.44. The first kappa shape index (κ1) is 22.5. The number of nitrogens with zero attached hydrogens (tertiary/aromatic N) is 2. The molecule has 0 spiro atoms. The predicted molar refractivity (Wildman–Crippen MR) is 133 cm³/mol. The van der Waals surface area contributed by atoms with Crippen LogP contribution in [-0.2, 0) is 9.59 Å². The van der Waals surface area contributed by atoms with Crippen LogP contribution in [-0.4, -0.2) is 22.7 Å². The van der Waals surface area contributed by atoms with E-state index < -0.39 is 5.82 Å². The molecule has 3 aromatic carbocycles. The van der Waals surface area contributed by atoms with E-state index in [1.165, 1.54) is 29.2 Å². The number of rotatable bonds is 5. The van der Waals surface area contributed by atoms with Crippen molar-refractivity contribution in [1.82, 2.24) is 0 Å². The maximum absolute atomic E-state index is 13.5. The number of nitrogens with one attached hydrogen (secondary N) is 1. The van der Waals surface area contributed by atoms with Crippen molar-refractivity contribution < 1.29 is 14.0 Å². The van der Waals surface area contributed by atoms with Crippen molar-refractivity contribution in [1.29, 1.82) is 0 Å². The highest BCUT2D eigenvalue weighted by Gasteiger charge is 2.32. The first-order valence-corrected chi connectivity index (χ1v) is 11.4. The molecule has 1 aliphatic rings. The summed E-state index contributed by atoms with van der Waals surface area (Å²) in [5, 5.41) is 3.31. The van der Waals surface area contributed by atoms with Gasteiger partial charge in [-0.15, -0.1) is 0 Å². The molecule has 0 bridgehead atoms. The Balaban J connectivity index is 1.57. The first-order chi connectivity index (χ1) is 15.9. The second-order valence-electron chi connectivity index (χ2n) is 7.56. The Morgan fingerprint density at radius 3 is 2.33 bits per heavy atom. The maximum atomic E-state index is 13.5. The van der Waals surface area contributed by atoms with E-state index in [1.54, 1.807) is 6.08 Å². The van der Waals surface area contributed by atoms with Gasteiger partial charge in [-0.3, -0.25) is 14.5 Å². The number of carbonyl (C=O) groups excluding carboxylic acids is 2. The van der Waals surface area contributed by atoms with E-state index in [1.807, 2.05) is 62.4 Å². The van der Waals surface area contributed by atoms with E-state index in [0.29, 0.717) is 10.9 Å². The number of amidine groups is 1. The number of anilines is 2. The van der Waals surface area contributed by atoms with Gasteiger partial charge in [0.1, 0.15) is 11.5 Å². The largest absolute Gasteiger partial charge is 0.325 e. The van der Waals surface area contributed by atoms with Gasteiger partial charge in [0, 0.05) is 5.69 Å². The van der Waals surface area contributed by atoms with Gasteiger partial charge in [0.05, 0.1) is 11.4 Å². The summed E-state index contributed by atoms with van der Waals surface area (Å²) in [5.74, 6) is -0.865. The average molecular weight is 460 g/mol. The average Bonchev–Trinajstić information content (AvgIpc) is 3.11. The number of aryl methyl sites for hydroxylation is 2. The fraction of sp³-hybridized carbons (Fsp3) is 0.115. The van der Waals surface area contributed by atoms with Crippen LogP contribution in [0.1, 0.15) is 16.7 Å². The monoisotopic (exact) mass is 459 g/mol. The molecule has 0 saturated carbocycles. The number of hydrogen-bond acceptors (Lipinski definition) is 4. The number of benzene rings is 3. The number of hydrogen-bond donors (Lipinski definition) is 1. The number of aliphatic imine (C=N–C) groups is 1. The lowest BCUT2D eigenvalue weighted by atomic mass is 10.1. The van der Waals surface area contributed by atoms with E-state index in [4.69, 9.17) is 0 Å². The summed E-state index contributed by atoms with van der Waals surface area (Å²) in [6.07, 6.45) is 1.70. The molecule has 7 heteroatoms. The smallest absolute Gasteiger partial charge is 0.283 e. The molecular weight excluding hydrogens is 437 g/mol. The van der Waals surface area contributed by atoms with Gasteiger partial charge in [-0.2, -0.15) is 0 Å². The van der Waals surface area contributed by atoms with E-state index in [9.17, 15) is 14.0 Å². The highest BCUT2D eigenvalue weighted by atomic mass is 32.2. The zero-order valence-electron chi connectivity index (χ0n) is 18.2. The molecular formula is C26H22FN3O2S. The molecule has 166 valence electrons. The minimum absolute atomic E-state index is 0.0657. The topological polar surface area (TPSA) is 61.8 Å². The third-order valence-electron chi connectivity index (χ3n) is 5.10. The van der Waals surface area contributed by atoms with Crippen LogP contribution in [0.3, 0.4) is 0 Å². The van der Waals surface area contributed by atoms with Crippen molar-refractivity contribution in [2.24, 2.45) is 4.99 Å². The van der Waals surface area contributed by atoms with Gasteiger partial charge in [0.25, 0.3) is 5.91 Å². The summed E-state index contributed by atoms with van der Waals surface area (Å²) in [5.41, 5.74) is 4.31. The van der Waals surface area contributed by atoms with Gasteiger partial charge in [0.15, 0.2) is 5.17 Å². The van der Waals surface area contributed by atoms with Gasteiger partial charge < -0.3 is 5.32 Å². The first-order valence-electron chi connectivity index (χ1n) is 10.4. The minimum atomic E-state index is -0.399. The summed E-state index contributed by atoms with van der Waals surface area (Å²) in [4.78, 5) is 31.7. The third kappa shape index (κ3) is 5.21. The molecule has 2 amide bonds. The lowest BCUT2D eigenvalue weighted by Gasteiger charge is -2.18. The Kier molecular flexibility index (Phi) is 6.70. The van der Waals surface area contributed by atoms with Crippen LogP contribution in [0.15, 0.2) is 83.5 Å². The summed E-state index contributed by atoms with van der Waals surface area (Å²) in [7, 11) is 0. The molecule has 1 heterocycles. The summed E-state index contributed by atoms with van der Waals surface area (Å²) in [6, 6.07) is 20.8. The molecule has 0 aliphatic carbocycles. The standard InChI is InChI=1S/C26H22FN3O2S/c1-17-7-6-8-18(2)24(17)29-23(31)16-33-26-28-22(15-19-9-4-3-5-10-19)25(32)30(26)21-13-11-20(27)12-14-21/h3-15H,16H2,1-2H3,(H,29,31)/b22-15+. The lowest BCUT2D eigenvalue weighted by Crippen LogP contribution is -2.31. The van der Waals surface area contributed by atoms with Gasteiger partial charge in [-0.1, -0.05) is 60.3 Å². The van der Waals surface area contributed by atoms with Gasteiger partial charge in [-0.25, -0.2) is 9.38 Å². The highest BCUT2D eigenvalue weighted by Crippen LogP contribution is 2.30. The summed E-state index contributed by atoms with van der Waals surface area (Å²) in [6.45, 7) is 3.87. The van der Waals surface area contributed by atoms with E-state index >= 15 is 0 Å². The van der Waals surface area contributed by atoms with Crippen LogP contribution in [0, 0.1) is 19.7 Å². The number of para-hydroxylation sites is 1. The fourth-order valence-corrected chi connectivity index (χ4v) is 4.25. The second-order valence-corrected chi connectivity index (χ2v) is 8.50. The van der Waals surface area contributed by atoms with Crippen LogP contribution in [0.4, 0.5) is 15.8 Å². The lowest BCUT2D eigenvalue weighted by molar-refractivity contribution is -0.114. The molecule has 4 rings (SSSR count). The number of carbonyl (C=O) groups is 2. The van der Waals surface area contributed by atoms with Crippen molar-refractivity contribution in [3.8, 4) is 0 Å². The van der Waals surface area contributed by atoms with E-state index in [2.05, 4.69) is 10.3 Å². The minimum Gasteiger partial charge on any atom is -0.325 e. The quantitative estimate of drug-likeness (QED) is 0.508. The molecule has 0 atom stereocenters. The third-order valence-corrected chi connectivity index (χ3v) is 6.03. The summed E-state index contributed by atoms with van der Waals surface area (Å²) < 4.78 is 13.5. The molecule has 1 N–H and O–H groups in total. The van der Waals surface area contributed by atoms with Crippen LogP contribution in [0.5, 0.6) is 0 Å². The molecule has 3 aromatic rings. The zero-order chi connectivity index (χ0) is 23.4. The van der Waals surface area contributed by atoms with Gasteiger partial charge in [0.2, 0.25) is 5.91 Å². The number of thioether (sulfide) groups is 1. The molecule has 0 fully saturated rings. The van der Waals surface area contributed by atoms with Crippen LogP contribution < -0.4 is 10.2 Å². The van der Waals surface area contributed by atoms with Crippen molar-refractivity contribution in [2.75, 3.05) is 16.0 Å². The van der Waals surface area contributed by atoms with Crippen molar-refractivity contribution in [3.05, 3.63) is 101 Å². The molecule has 0 radical (unpaired) electrons. The maximum Gasteiger partial charge on any atom is 0.283 e. The predicted octanol–water partition coefficient (Wildman–Crippen LogP) is 5.56. The number of amides is 2. The Morgan fingerprint density at radius 1 is 1.00 bits per heavy atom. The van der Waals surface area contributed by atoms with Crippen molar-refractivity contribution in [2.45, 2.75) is 13.8 Å². The van der Waals surface area contributed by atoms with Crippen molar-refractivity contribution >= 4 is 46.2 Å². The zero-order valence-corrected chi connectivity index (χ0v) is 19.0. The molecule has 33 heavy (non-hydrogen) atoms. The van der Waals surface area contributed by atoms with Crippen molar-refractivity contribution in [3.63, 3.8) is 0 Å². The Morgan fingerprint density at radius 2 is 1.67 bits per heavy atom. The Bertz CT molecular complexity index is 1230.